The normalized spacial score (nSPS) is 12.0. The molecule has 4 nitrogen and oxygen atoms in total. The zero-order valence-corrected chi connectivity index (χ0v) is 17.5. The summed E-state index contributed by atoms with van der Waals surface area (Å²) in [5.41, 5.74) is 6.41. The zero-order valence-electron chi connectivity index (χ0n) is 17.5. The minimum Gasteiger partial charge on any atom is -0.507 e. The number of hydrogen-bond donors (Lipinski definition) is 2. The highest BCUT2D eigenvalue weighted by atomic mass is 16.3. The van der Waals surface area contributed by atoms with Gasteiger partial charge in [0.05, 0.1) is 5.69 Å². The number of benzene rings is 3. The van der Waals surface area contributed by atoms with Gasteiger partial charge in [0, 0.05) is 23.2 Å². The predicted octanol–water partition coefficient (Wildman–Crippen LogP) is 6.13. The Hall–Kier alpha value is -3.40. The van der Waals surface area contributed by atoms with Crippen LogP contribution in [0.2, 0.25) is 0 Å². The number of hydrogen-bond acceptors (Lipinski definition) is 4. The second-order valence-electron chi connectivity index (χ2n) is 7.40. The Balaban J connectivity index is 2.08. The number of ketones is 1. The topological polar surface area (TPSA) is 61.7 Å². The third kappa shape index (κ3) is 4.37. The molecule has 0 unspecified atom stereocenters. The average Bonchev–Trinajstić information content (AvgIpc) is 2.65. The van der Waals surface area contributed by atoms with Gasteiger partial charge in [-0.25, -0.2) is 0 Å². The quantitative estimate of drug-likeness (QED) is 0.410. The molecule has 0 saturated carbocycles. The highest BCUT2D eigenvalue weighted by Crippen LogP contribution is 2.34. The summed E-state index contributed by atoms with van der Waals surface area (Å²) in [5, 5.41) is 15.7. The molecule has 0 aromatic heterocycles. The van der Waals surface area contributed by atoms with Crippen LogP contribution in [0.3, 0.4) is 0 Å². The number of aliphatic imine (C=N–C) groups is 1. The Morgan fingerprint density at radius 3 is 2.48 bits per heavy atom. The van der Waals surface area contributed by atoms with Gasteiger partial charge >= 0.3 is 0 Å². The number of aromatic hydroxyl groups is 1. The van der Waals surface area contributed by atoms with Crippen LogP contribution in [-0.4, -0.2) is 17.1 Å². The fraction of sp³-hybridized carbons (Fsp3) is 0.200. The molecule has 0 saturated heterocycles. The van der Waals surface area contributed by atoms with E-state index in [4.69, 9.17) is 4.99 Å². The van der Waals surface area contributed by atoms with Gasteiger partial charge in [-0.1, -0.05) is 36.4 Å². The van der Waals surface area contributed by atoms with E-state index >= 15 is 0 Å². The number of carbonyl (C=O) groups excluding carboxylic acids is 1. The van der Waals surface area contributed by atoms with Crippen molar-refractivity contribution in [1.82, 2.24) is 0 Å². The van der Waals surface area contributed by atoms with Crippen molar-refractivity contribution in [2.24, 2.45) is 4.99 Å². The van der Waals surface area contributed by atoms with Gasteiger partial charge in [-0.15, -0.1) is 0 Å². The van der Waals surface area contributed by atoms with Crippen molar-refractivity contribution in [1.29, 1.82) is 0 Å². The summed E-state index contributed by atoms with van der Waals surface area (Å²) in [4.78, 5) is 16.1. The van der Waals surface area contributed by atoms with E-state index in [1.165, 1.54) is 6.92 Å². The second-order valence-corrected chi connectivity index (χ2v) is 7.40. The van der Waals surface area contributed by atoms with Crippen LogP contribution in [0.15, 0.2) is 59.2 Å². The minimum absolute atomic E-state index is 0.00194. The van der Waals surface area contributed by atoms with Gasteiger partial charge in [0.25, 0.3) is 0 Å². The van der Waals surface area contributed by atoms with E-state index < -0.39 is 0 Å². The molecule has 0 aliphatic rings. The summed E-state index contributed by atoms with van der Waals surface area (Å²) in [6.07, 6.45) is 3.31. The largest absolute Gasteiger partial charge is 0.507 e. The molecule has 0 radical (unpaired) electrons. The number of carbonyl (C=O) groups is 1. The molecule has 3 aromatic rings. The van der Waals surface area contributed by atoms with Crippen LogP contribution in [0, 0.1) is 20.8 Å². The molecule has 0 aliphatic heterocycles. The van der Waals surface area contributed by atoms with Crippen LogP contribution in [0.1, 0.15) is 36.1 Å². The zero-order chi connectivity index (χ0) is 21.1. The fourth-order valence-electron chi connectivity index (χ4n) is 3.65. The molecule has 0 heterocycles. The van der Waals surface area contributed by atoms with E-state index in [1.807, 2.05) is 58.0 Å². The summed E-state index contributed by atoms with van der Waals surface area (Å²) >= 11 is 0. The number of nitrogens with one attached hydrogen (secondary N) is 1. The Kier molecular flexibility index (Phi) is 5.83. The van der Waals surface area contributed by atoms with Crippen LogP contribution in [0.5, 0.6) is 5.75 Å². The lowest BCUT2D eigenvalue weighted by Crippen LogP contribution is -2.03. The highest BCUT2D eigenvalue weighted by molar-refractivity contribution is 6.03. The van der Waals surface area contributed by atoms with Crippen molar-refractivity contribution in [3.05, 3.63) is 76.5 Å². The van der Waals surface area contributed by atoms with Gasteiger partial charge in [0.1, 0.15) is 5.75 Å². The summed E-state index contributed by atoms with van der Waals surface area (Å²) in [6, 6.07) is 13.6. The molecule has 0 bridgehead atoms. The number of rotatable bonds is 5. The maximum atomic E-state index is 11.4. The van der Waals surface area contributed by atoms with Crippen molar-refractivity contribution in [2.45, 2.75) is 34.6 Å². The van der Waals surface area contributed by atoms with Gasteiger partial charge < -0.3 is 10.4 Å². The van der Waals surface area contributed by atoms with Gasteiger partial charge in [-0.3, -0.25) is 9.79 Å². The van der Waals surface area contributed by atoms with E-state index in [-0.39, 0.29) is 11.5 Å². The fourth-order valence-corrected chi connectivity index (χ4v) is 3.65. The minimum atomic E-state index is 0.00194. The molecule has 0 atom stereocenters. The first-order valence-electron chi connectivity index (χ1n) is 9.59. The molecule has 0 aliphatic carbocycles. The van der Waals surface area contributed by atoms with Crippen LogP contribution in [-0.2, 0) is 4.79 Å². The molecule has 0 amide bonds. The maximum absolute atomic E-state index is 11.4. The number of anilines is 1. The lowest BCUT2D eigenvalue weighted by Gasteiger charge is -2.17. The number of nitrogens with zero attached hydrogens (tertiary/aromatic N) is 1. The summed E-state index contributed by atoms with van der Waals surface area (Å²) < 4.78 is 0. The van der Waals surface area contributed by atoms with Gasteiger partial charge in [0.15, 0.2) is 5.78 Å². The van der Waals surface area contributed by atoms with Crippen LogP contribution >= 0.6 is 0 Å². The Morgan fingerprint density at radius 2 is 1.76 bits per heavy atom. The predicted molar refractivity (Wildman–Crippen MR) is 122 cm³/mol. The molecule has 4 heteroatoms. The number of fused-ring (bicyclic) bond motifs is 1. The van der Waals surface area contributed by atoms with Crippen LogP contribution in [0.4, 0.5) is 11.4 Å². The third-order valence-electron chi connectivity index (χ3n) is 4.94. The van der Waals surface area contributed by atoms with E-state index in [0.717, 1.165) is 44.5 Å². The number of allylic oxidation sites excluding steroid dienone is 2. The maximum Gasteiger partial charge on any atom is 0.154 e. The monoisotopic (exact) mass is 386 g/mol. The van der Waals surface area contributed by atoms with Gasteiger partial charge in [-0.05, 0) is 74.2 Å². The highest BCUT2D eigenvalue weighted by Gasteiger charge is 2.12. The smallest absolute Gasteiger partial charge is 0.154 e. The van der Waals surface area contributed by atoms with E-state index in [2.05, 4.69) is 11.4 Å². The molecule has 2 N–H and O–H groups in total. The Bertz CT molecular complexity index is 1160. The molecule has 29 heavy (non-hydrogen) atoms. The lowest BCUT2D eigenvalue weighted by molar-refractivity contribution is -0.112. The van der Waals surface area contributed by atoms with E-state index in [0.29, 0.717) is 5.56 Å². The molecule has 3 rings (SSSR count). The molecular formula is C25H26N2O2. The number of phenols is 1. The summed E-state index contributed by atoms with van der Waals surface area (Å²) in [7, 11) is 0. The Morgan fingerprint density at radius 1 is 1.03 bits per heavy atom. The number of aryl methyl sites for hydroxylation is 2. The first-order chi connectivity index (χ1) is 13.8. The molecule has 148 valence electrons. The molecular weight excluding hydrogens is 360 g/mol. The van der Waals surface area contributed by atoms with Crippen molar-refractivity contribution in [2.75, 3.05) is 5.32 Å². The number of phenolic OH excluding ortho intramolecular Hbond substituents is 1. The van der Waals surface area contributed by atoms with Crippen molar-refractivity contribution >= 4 is 34.1 Å². The van der Waals surface area contributed by atoms with Gasteiger partial charge in [-0.2, -0.15) is 0 Å². The second kappa shape index (κ2) is 8.31. The molecule has 0 spiro atoms. The average molecular weight is 386 g/mol. The molecule has 3 aromatic carbocycles. The lowest BCUT2D eigenvalue weighted by atomic mass is 10.0. The first kappa shape index (κ1) is 20.3. The third-order valence-corrected chi connectivity index (χ3v) is 4.94. The summed E-state index contributed by atoms with van der Waals surface area (Å²) in [5.74, 6) is 0.204. The van der Waals surface area contributed by atoms with Crippen molar-refractivity contribution in [3.8, 4) is 5.75 Å². The standard InChI is InChI=1S/C25H26N2O2/c1-15-12-16(2)25(27-17(3)13-18(4)28)19(5)24(15)26-14-22-21-9-7-6-8-20(21)10-11-23(22)29/h6-14,27,29H,1-5H3/b17-13+,26-14?. The SMILES string of the molecule is CC(=O)/C=C(\C)Nc1c(C)cc(C)c(N=Cc2c(O)ccc3ccccc23)c1C. The van der Waals surface area contributed by atoms with Crippen LogP contribution < -0.4 is 5.32 Å². The Labute approximate surface area is 171 Å². The van der Waals surface area contributed by atoms with Gasteiger partial charge in [0.2, 0.25) is 0 Å². The van der Waals surface area contributed by atoms with Crippen LogP contribution in [0.25, 0.3) is 10.8 Å². The first-order valence-corrected chi connectivity index (χ1v) is 9.59. The van der Waals surface area contributed by atoms with Crippen molar-refractivity contribution in [3.63, 3.8) is 0 Å². The van der Waals surface area contributed by atoms with E-state index in [1.54, 1.807) is 18.4 Å². The molecule has 0 fully saturated rings. The van der Waals surface area contributed by atoms with Crippen molar-refractivity contribution < 1.29 is 9.90 Å². The van der Waals surface area contributed by atoms with E-state index in [9.17, 15) is 9.90 Å². The summed E-state index contributed by atoms with van der Waals surface area (Å²) in [6.45, 7) is 9.48.